The van der Waals surface area contributed by atoms with E-state index in [0.29, 0.717) is 0 Å². The van der Waals surface area contributed by atoms with Gasteiger partial charge < -0.3 is 15.4 Å². The molecule has 0 atom stereocenters. The van der Waals surface area contributed by atoms with E-state index in [1.807, 2.05) is 48.5 Å². The summed E-state index contributed by atoms with van der Waals surface area (Å²) in [5, 5.41) is 9.19. The monoisotopic (exact) mass is 390 g/mol. The standard InChI is InChI=1S/C21H18N4O2S/c1-13(26)24-15-4-3-5-16(10-15)25-20-19-18(11-28-21(19)23-12-22-20)14-6-8-17(27-2)9-7-14/h3-12H,1-2H3,(H,24,26)(H,22,23,25). The molecule has 0 saturated carbocycles. The molecule has 2 N–H and O–H groups in total. The van der Waals surface area contributed by atoms with Crippen molar-refractivity contribution in [3.63, 3.8) is 0 Å². The first-order valence-corrected chi connectivity index (χ1v) is 9.53. The molecular weight excluding hydrogens is 372 g/mol. The van der Waals surface area contributed by atoms with Crippen molar-refractivity contribution < 1.29 is 9.53 Å². The Labute approximate surface area is 166 Å². The van der Waals surface area contributed by atoms with Crippen molar-refractivity contribution in [3.05, 3.63) is 60.2 Å². The van der Waals surface area contributed by atoms with Crippen LogP contribution in [0.3, 0.4) is 0 Å². The van der Waals surface area contributed by atoms with Crippen LogP contribution in [-0.4, -0.2) is 23.0 Å². The zero-order valence-corrected chi connectivity index (χ0v) is 16.2. The van der Waals surface area contributed by atoms with Crippen LogP contribution in [0.25, 0.3) is 21.3 Å². The average Bonchev–Trinajstić information content (AvgIpc) is 3.13. The van der Waals surface area contributed by atoms with Crippen LogP contribution in [0.2, 0.25) is 0 Å². The van der Waals surface area contributed by atoms with E-state index in [1.165, 1.54) is 6.92 Å². The third kappa shape index (κ3) is 3.65. The van der Waals surface area contributed by atoms with Gasteiger partial charge in [0.1, 0.15) is 22.7 Å². The number of fused-ring (bicyclic) bond motifs is 1. The van der Waals surface area contributed by atoms with Gasteiger partial charge in [0, 0.05) is 29.2 Å². The number of thiophene rings is 1. The minimum Gasteiger partial charge on any atom is -0.497 e. The van der Waals surface area contributed by atoms with Crippen molar-refractivity contribution >= 4 is 44.7 Å². The van der Waals surface area contributed by atoms with Crippen molar-refractivity contribution in [2.24, 2.45) is 0 Å². The van der Waals surface area contributed by atoms with E-state index in [1.54, 1.807) is 24.8 Å². The van der Waals surface area contributed by atoms with Crippen LogP contribution < -0.4 is 15.4 Å². The highest BCUT2D eigenvalue weighted by Gasteiger charge is 2.13. The first kappa shape index (κ1) is 17.9. The Morgan fingerprint density at radius 1 is 1.07 bits per heavy atom. The molecule has 4 rings (SSSR count). The number of hydrogen-bond acceptors (Lipinski definition) is 6. The summed E-state index contributed by atoms with van der Waals surface area (Å²) >= 11 is 1.58. The number of carbonyl (C=O) groups is 1. The van der Waals surface area contributed by atoms with Crippen molar-refractivity contribution in [3.8, 4) is 16.9 Å². The molecule has 0 aliphatic carbocycles. The van der Waals surface area contributed by atoms with Gasteiger partial charge in [-0.15, -0.1) is 11.3 Å². The number of nitrogens with zero attached hydrogens (tertiary/aromatic N) is 2. The molecule has 0 saturated heterocycles. The van der Waals surface area contributed by atoms with Crippen LogP contribution in [0.4, 0.5) is 17.2 Å². The topological polar surface area (TPSA) is 76.1 Å². The summed E-state index contributed by atoms with van der Waals surface area (Å²) in [6, 6.07) is 15.4. The van der Waals surface area contributed by atoms with Crippen LogP contribution >= 0.6 is 11.3 Å². The molecule has 4 aromatic rings. The second-order valence-electron chi connectivity index (χ2n) is 6.17. The lowest BCUT2D eigenvalue weighted by molar-refractivity contribution is -0.114. The van der Waals surface area contributed by atoms with Crippen LogP contribution in [0.15, 0.2) is 60.2 Å². The zero-order chi connectivity index (χ0) is 19.5. The van der Waals surface area contributed by atoms with Gasteiger partial charge in [-0.2, -0.15) is 0 Å². The number of hydrogen-bond donors (Lipinski definition) is 2. The summed E-state index contributed by atoms with van der Waals surface area (Å²) < 4.78 is 5.25. The van der Waals surface area contributed by atoms with Gasteiger partial charge in [0.05, 0.1) is 12.5 Å². The van der Waals surface area contributed by atoms with E-state index >= 15 is 0 Å². The molecule has 28 heavy (non-hydrogen) atoms. The van der Waals surface area contributed by atoms with Gasteiger partial charge in [-0.1, -0.05) is 18.2 Å². The van der Waals surface area contributed by atoms with Gasteiger partial charge >= 0.3 is 0 Å². The fourth-order valence-electron chi connectivity index (χ4n) is 2.97. The Bertz CT molecular complexity index is 1140. The highest BCUT2D eigenvalue weighted by Crippen LogP contribution is 2.38. The van der Waals surface area contributed by atoms with Gasteiger partial charge in [-0.3, -0.25) is 4.79 Å². The summed E-state index contributed by atoms with van der Waals surface area (Å²) in [5.41, 5.74) is 3.68. The van der Waals surface area contributed by atoms with Gasteiger partial charge in [0.15, 0.2) is 0 Å². The van der Waals surface area contributed by atoms with Gasteiger partial charge in [-0.25, -0.2) is 9.97 Å². The van der Waals surface area contributed by atoms with Gasteiger partial charge in [0.25, 0.3) is 0 Å². The molecule has 0 aliphatic heterocycles. The molecule has 0 bridgehead atoms. The summed E-state index contributed by atoms with van der Waals surface area (Å²) in [7, 11) is 1.65. The molecule has 1 amide bonds. The summed E-state index contributed by atoms with van der Waals surface area (Å²) in [4.78, 5) is 21.1. The highest BCUT2D eigenvalue weighted by atomic mass is 32.1. The van der Waals surface area contributed by atoms with Crippen LogP contribution in [0.5, 0.6) is 5.75 Å². The van der Waals surface area contributed by atoms with Gasteiger partial charge in [-0.05, 0) is 35.9 Å². The Morgan fingerprint density at radius 2 is 1.86 bits per heavy atom. The fourth-order valence-corrected chi connectivity index (χ4v) is 3.88. The Kier molecular flexibility index (Phi) is 4.90. The van der Waals surface area contributed by atoms with Crippen molar-refractivity contribution in [1.29, 1.82) is 0 Å². The molecule has 0 radical (unpaired) electrons. The number of nitrogens with one attached hydrogen (secondary N) is 2. The fraction of sp³-hybridized carbons (Fsp3) is 0.0952. The molecule has 0 spiro atoms. The lowest BCUT2D eigenvalue weighted by Gasteiger charge is -2.10. The number of rotatable bonds is 5. The molecule has 0 aliphatic rings. The molecular formula is C21H18N4O2S. The largest absolute Gasteiger partial charge is 0.497 e. The Hall–Kier alpha value is -3.45. The second-order valence-corrected chi connectivity index (χ2v) is 7.03. The zero-order valence-electron chi connectivity index (χ0n) is 15.4. The molecule has 2 heterocycles. The highest BCUT2D eigenvalue weighted by molar-refractivity contribution is 7.17. The Balaban J connectivity index is 1.73. The normalized spacial score (nSPS) is 10.6. The number of aromatic nitrogens is 2. The molecule has 140 valence electrons. The van der Waals surface area contributed by atoms with Crippen LogP contribution in [-0.2, 0) is 4.79 Å². The third-order valence-corrected chi connectivity index (χ3v) is 5.10. The third-order valence-electron chi connectivity index (χ3n) is 4.22. The van der Waals surface area contributed by atoms with E-state index in [4.69, 9.17) is 4.74 Å². The number of benzene rings is 2. The summed E-state index contributed by atoms with van der Waals surface area (Å²) in [5.74, 6) is 1.42. The lowest BCUT2D eigenvalue weighted by atomic mass is 10.1. The number of amides is 1. The maximum Gasteiger partial charge on any atom is 0.221 e. The summed E-state index contributed by atoms with van der Waals surface area (Å²) in [6.07, 6.45) is 1.55. The molecule has 2 aromatic heterocycles. The first-order valence-electron chi connectivity index (χ1n) is 8.65. The predicted octanol–water partition coefficient (Wildman–Crippen LogP) is 5.07. The Morgan fingerprint density at radius 3 is 2.61 bits per heavy atom. The minimum absolute atomic E-state index is 0.110. The van der Waals surface area contributed by atoms with Crippen molar-refractivity contribution in [2.75, 3.05) is 17.7 Å². The SMILES string of the molecule is COc1ccc(-c2csc3ncnc(Nc4cccc(NC(C)=O)c4)c23)cc1. The number of methoxy groups -OCH3 is 1. The van der Waals surface area contributed by atoms with Crippen LogP contribution in [0, 0.1) is 0 Å². The number of ether oxygens (including phenoxy) is 1. The second kappa shape index (κ2) is 7.66. The average molecular weight is 390 g/mol. The van der Waals surface area contributed by atoms with Gasteiger partial charge in [0.2, 0.25) is 5.91 Å². The first-order chi connectivity index (χ1) is 13.6. The molecule has 0 fully saturated rings. The predicted molar refractivity (Wildman–Crippen MR) is 113 cm³/mol. The van der Waals surface area contributed by atoms with E-state index in [-0.39, 0.29) is 5.91 Å². The number of anilines is 3. The smallest absolute Gasteiger partial charge is 0.221 e. The lowest BCUT2D eigenvalue weighted by Crippen LogP contribution is -2.05. The van der Waals surface area contributed by atoms with E-state index in [2.05, 4.69) is 26.0 Å². The van der Waals surface area contributed by atoms with E-state index < -0.39 is 0 Å². The van der Waals surface area contributed by atoms with Crippen molar-refractivity contribution in [2.45, 2.75) is 6.92 Å². The van der Waals surface area contributed by atoms with E-state index in [0.717, 1.165) is 44.3 Å². The quantitative estimate of drug-likeness (QED) is 0.498. The summed E-state index contributed by atoms with van der Waals surface area (Å²) in [6.45, 7) is 1.49. The van der Waals surface area contributed by atoms with E-state index in [9.17, 15) is 4.79 Å². The molecule has 0 unspecified atom stereocenters. The maximum absolute atomic E-state index is 11.3. The molecule has 2 aromatic carbocycles. The maximum atomic E-state index is 11.3. The van der Waals surface area contributed by atoms with Crippen molar-refractivity contribution in [1.82, 2.24) is 9.97 Å². The molecule has 7 heteroatoms. The minimum atomic E-state index is -0.110. The molecule has 6 nitrogen and oxygen atoms in total. The van der Waals surface area contributed by atoms with Crippen LogP contribution in [0.1, 0.15) is 6.92 Å². The number of carbonyl (C=O) groups excluding carboxylic acids is 1.